The van der Waals surface area contributed by atoms with Crippen LogP contribution in [0.4, 0.5) is 5.69 Å². The summed E-state index contributed by atoms with van der Waals surface area (Å²) >= 11 is 6.18. The minimum absolute atomic E-state index is 0.0397. The van der Waals surface area contributed by atoms with Crippen LogP contribution in [-0.2, 0) is 0 Å². The van der Waals surface area contributed by atoms with Gasteiger partial charge in [-0.05, 0) is 49.4 Å². The number of amides is 1. The number of nitrogens with one attached hydrogen (secondary N) is 1. The highest BCUT2D eigenvalue weighted by molar-refractivity contribution is 6.32. The van der Waals surface area contributed by atoms with Crippen LogP contribution in [0.25, 0.3) is 11.0 Å². The Kier molecular flexibility index (Phi) is 5.29. The molecular formula is C24H18ClNO4. The van der Waals surface area contributed by atoms with Gasteiger partial charge in [0.05, 0.1) is 17.8 Å². The van der Waals surface area contributed by atoms with E-state index >= 15 is 0 Å². The largest absolute Gasteiger partial charge is 0.495 e. The molecular weight excluding hydrogens is 402 g/mol. The van der Waals surface area contributed by atoms with Crippen LogP contribution in [0.1, 0.15) is 32.0 Å². The molecule has 1 heterocycles. The van der Waals surface area contributed by atoms with Crippen molar-refractivity contribution >= 4 is 39.9 Å². The maximum atomic E-state index is 13.2. The Morgan fingerprint density at radius 1 is 0.967 bits per heavy atom. The topological polar surface area (TPSA) is 68.5 Å². The fourth-order valence-corrected chi connectivity index (χ4v) is 3.42. The maximum Gasteiger partial charge on any atom is 0.255 e. The molecule has 30 heavy (non-hydrogen) atoms. The molecule has 3 aromatic carbocycles. The first-order chi connectivity index (χ1) is 14.5. The third kappa shape index (κ3) is 3.67. The van der Waals surface area contributed by atoms with Crippen LogP contribution in [0, 0.1) is 6.92 Å². The smallest absolute Gasteiger partial charge is 0.255 e. The van der Waals surface area contributed by atoms with Crippen LogP contribution in [0.5, 0.6) is 5.75 Å². The highest BCUT2D eigenvalue weighted by Crippen LogP contribution is 2.34. The van der Waals surface area contributed by atoms with Crippen molar-refractivity contribution in [1.29, 1.82) is 0 Å². The molecule has 1 N–H and O–H groups in total. The number of rotatable bonds is 5. The van der Waals surface area contributed by atoms with Crippen LogP contribution in [0.2, 0.25) is 5.02 Å². The van der Waals surface area contributed by atoms with Crippen molar-refractivity contribution in [3.63, 3.8) is 0 Å². The number of ether oxygens (including phenoxy) is 1. The van der Waals surface area contributed by atoms with E-state index in [1.807, 2.05) is 25.1 Å². The Balaban J connectivity index is 1.76. The highest BCUT2D eigenvalue weighted by Gasteiger charge is 2.24. The number of hydrogen-bond acceptors (Lipinski definition) is 4. The minimum atomic E-state index is -0.394. The Bertz CT molecular complexity index is 1260. The first-order valence-corrected chi connectivity index (χ1v) is 9.63. The average Bonchev–Trinajstić information content (AvgIpc) is 3.12. The number of fused-ring (bicyclic) bond motifs is 1. The lowest BCUT2D eigenvalue weighted by atomic mass is 10.1. The molecule has 0 spiro atoms. The Morgan fingerprint density at radius 2 is 1.67 bits per heavy atom. The second kappa shape index (κ2) is 8.05. The third-order valence-corrected chi connectivity index (χ3v) is 5.06. The predicted molar refractivity (Wildman–Crippen MR) is 117 cm³/mol. The summed E-state index contributed by atoms with van der Waals surface area (Å²) in [7, 11) is 1.50. The van der Waals surface area contributed by atoms with Crippen molar-refractivity contribution in [2.45, 2.75) is 6.92 Å². The first-order valence-electron chi connectivity index (χ1n) is 9.25. The van der Waals surface area contributed by atoms with E-state index in [1.54, 1.807) is 42.5 Å². The summed E-state index contributed by atoms with van der Waals surface area (Å²) in [6.45, 7) is 1.95. The summed E-state index contributed by atoms with van der Waals surface area (Å²) < 4.78 is 11.0. The molecule has 0 radical (unpaired) electrons. The lowest BCUT2D eigenvalue weighted by Gasteiger charge is -2.08. The molecule has 6 heteroatoms. The molecule has 0 aliphatic rings. The molecule has 0 aliphatic heterocycles. The van der Waals surface area contributed by atoms with E-state index in [9.17, 15) is 9.59 Å². The molecule has 0 bridgehead atoms. The highest BCUT2D eigenvalue weighted by atomic mass is 35.5. The fourth-order valence-electron chi connectivity index (χ4n) is 3.16. The Morgan fingerprint density at radius 3 is 2.37 bits per heavy atom. The van der Waals surface area contributed by atoms with Gasteiger partial charge in [-0.15, -0.1) is 0 Å². The number of carbonyl (C=O) groups is 2. The van der Waals surface area contributed by atoms with Gasteiger partial charge in [0.1, 0.15) is 11.3 Å². The zero-order valence-corrected chi connectivity index (χ0v) is 17.1. The summed E-state index contributed by atoms with van der Waals surface area (Å²) in [6.07, 6.45) is 0. The number of halogens is 1. The second-order valence-corrected chi connectivity index (χ2v) is 7.21. The standard InChI is InChI=1S/C24H18ClNO4/c1-14-7-9-15(10-8-14)24(28)26-21-17-5-3-4-6-19(17)30-23(21)22(27)16-11-12-20(29-2)18(25)13-16/h3-13H,1-2H3,(H,26,28). The summed E-state index contributed by atoms with van der Waals surface area (Å²) in [6, 6.07) is 19.1. The quantitative estimate of drug-likeness (QED) is 0.410. The van der Waals surface area contributed by atoms with E-state index < -0.39 is 5.78 Å². The molecule has 4 aromatic rings. The second-order valence-electron chi connectivity index (χ2n) is 6.80. The summed E-state index contributed by atoms with van der Waals surface area (Å²) in [5, 5.41) is 3.80. The van der Waals surface area contributed by atoms with Crippen LogP contribution in [0.15, 0.2) is 71.1 Å². The lowest BCUT2D eigenvalue weighted by molar-refractivity contribution is 0.101. The molecule has 150 valence electrons. The summed E-state index contributed by atoms with van der Waals surface area (Å²) in [5.74, 6) is -0.220. The van der Waals surface area contributed by atoms with Crippen molar-refractivity contribution in [3.8, 4) is 5.75 Å². The van der Waals surface area contributed by atoms with E-state index in [1.165, 1.54) is 13.2 Å². The Labute approximate surface area is 178 Å². The van der Waals surface area contributed by atoms with Gasteiger partial charge in [0, 0.05) is 16.5 Å². The zero-order chi connectivity index (χ0) is 21.3. The molecule has 0 saturated heterocycles. The van der Waals surface area contributed by atoms with Crippen LogP contribution in [0.3, 0.4) is 0 Å². The van der Waals surface area contributed by atoms with E-state index in [-0.39, 0.29) is 11.7 Å². The molecule has 1 aromatic heterocycles. The number of carbonyl (C=O) groups excluding carboxylic acids is 2. The monoisotopic (exact) mass is 419 g/mol. The predicted octanol–water partition coefficient (Wildman–Crippen LogP) is 5.89. The molecule has 0 saturated carbocycles. The maximum absolute atomic E-state index is 13.2. The fraction of sp³-hybridized carbons (Fsp3) is 0.0833. The SMILES string of the molecule is COc1ccc(C(=O)c2oc3ccccc3c2NC(=O)c2ccc(C)cc2)cc1Cl. The average molecular weight is 420 g/mol. The van der Waals surface area contributed by atoms with Crippen molar-refractivity contribution in [2.24, 2.45) is 0 Å². The number of anilines is 1. The molecule has 0 aliphatic carbocycles. The molecule has 0 fully saturated rings. The Hall–Kier alpha value is -3.57. The third-order valence-electron chi connectivity index (χ3n) is 4.77. The van der Waals surface area contributed by atoms with E-state index in [0.717, 1.165) is 5.56 Å². The molecule has 1 amide bonds. The lowest BCUT2D eigenvalue weighted by Crippen LogP contribution is -2.14. The van der Waals surface area contributed by atoms with Crippen molar-refractivity contribution in [2.75, 3.05) is 12.4 Å². The van der Waals surface area contributed by atoms with Gasteiger partial charge in [-0.1, -0.05) is 41.4 Å². The number of hydrogen-bond donors (Lipinski definition) is 1. The number of aryl methyl sites for hydroxylation is 1. The van der Waals surface area contributed by atoms with Gasteiger partial charge >= 0.3 is 0 Å². The van der Waals surface area contributed by atoms with Crippen molar-refractivity contribution < 1.29 is 18.7 Å². The first kappa shape index (κ1) is 19.7. The molecule has 0 atom stereocenters. The van der Waals surface area contributed by atoms with E-state index in [4.69, 9.17) is 20.8 Å². The molecule has 0 unspecified atom stereocenters. The van der Waals surface area contributed by atoms with Gasteiger partial charge in [-0.25, -0.2) is 0 Å². The molecule has 4 rings (SSSR count). The molecule has 5 nitrogen and oxygen atoms in total. The number of methoxy groups -OCH3 is 1. The van der Waals surface area contributed by atoms with Gasteiger partial charge in [0.15, 0.2) is 5.76 Å². The summed E-state index contributed by atoms with van der Waals surface area (Å²) in [4.78, 5) is 26.0. The van der Waals surface area contributed by atoms with E-state index in [2.05, 4.69) is 5.32 Å². The van der Waals surface area contributed by atoms with Crippen LogP contribution < -0.4 is 10.1 Å². The van der Waals surface area contributed by atoms with Crippen LogP contribution >= 0.6 is 11.6 Å². The van der Waals surface area contributed by atoms with Crippen LogP contribution in [-0.4, -0.2) is 18.8 Å². The van der Waals surface area contributed by atoms with Gasteiger partial charge in [-0.2, -0.15) is 0 Å². The number of para-hydroxylation sites is 1. The number of furan rings is 1. The number of benzene rings is 3. The van der Waals surface area contributed by atoms with Crippen molar-refractivity contribution in [3.05, 3.63) is 94.2 Å². The van der Waals surface area contributed by atoms with Gasteiger partial charge in [0.2, 0.25) is 5.78 Å². The van der Waals surface area contributed by atoms with E-state index in [0.29, 0.717) is 38.6 Å². The van der Waals surface area contributed by atoms with Crippen molar-refractivity contribution in [1.82, 2.24) is 0 Å². The van der Waals surface area contributed by atoms with Gasteiger partial charge in [-0.3, -0.25) is 9.59 Å². The number of ketones is 1. The minimum Gasteiger partial charge on any atom is -0.495 e. The van der Waals surface area contributed by atoms with Gasteiger partial charge < -0.3 is 14.5 Å². The van der Waals surface area contributed by atoms with Gasteiger partial charge in [0.25, 0.3) is 5.91 Å². The zero-order valence-electron chi connectivity index (χ0n) is 16.4. The normalized spacial score (nSPS) is 10.8. The summed E-state index contributed by atoms with van der Waals surface area (Å²) in [5.41, 5.74) is 2.68.